The molecule has 1 N–H and O–H groups in total. The monoisotopic (exact) mass is 475 g/mol. The molecular formula is C26H26ClN5O2. The summed E-state index contributed by atoms with van der Waals surface area (Å²) in [5.74, 6) is 0.469. The molecule has 0 unspecified atom stereocenters. The number of furan rings is 1. The van der Waals surface area contributed by atoms with Crippen molar-refractivity contribution in [3.63, 3.8) is 0 Å². The second-order valence-corrected chi connectivity index (χ2v) is 8.64. The van der Waals surface area contributed by atoms with Gasteiger partial charge in [0, 0.05) is 56.0 Å². The number of benzene rings is 2. The van der Waals surface area contributed by atoms with Crippen LogP contribution in [0.2, 0.25) is 5.02 Å². The van der Waals surface area contributed by atoms with Gasteiger partial charge in [-0.1, -0.05) is 29.8 Å². The highest BCUT2D eigenvalue weighted by Crippen LogP contribution is 2.24. The smallest absolute Gasteiger partial charge is 0.271 e. The Morgan fingerprint density at radius 2 is 1.71 bits per heavy atom. The summed E-state index contributed by atoms with van der Waals surface area (Å²) in [4.78, 5) is 17.6. The van der Waals surface area contributed by atoms with E-state index in [-0.39, 0.29) is 5.91 Å². The molecule has 8 heteroatoms. The van der Waals surface area contributed by atoms with Crippen LogP contribution in [0.5, 0.6) is 0 Å². The lowest BCUT2D eigenvalue weighted by Gasteiger charge is -2.36. The van der Waals surface area contributed by atoms with E-state index in [1.54, 1.807) is 17.0 Å². The number of nitrogens with one attached hydrogen (secondary N) is 1. The molecule has 4 aromatic rings. The number of hydrogen-bond acceptors (Lipinski definition) is 5. The topological polar surface area (TPSA) is 66.5 Å². The maximum Gasteiger partial charge on any atom is 0.271 e. The van der Waals surface area contributed by atoms with E-state index in [1.807, 2.05) is 54.6 Å². The molecule has 2 aromatic carbocycles. The highest BCUT2D eigenvalue weighted by atomic mass is 35.5. The summed E-state index contributed by atoms with van der Waals surface area (Å²) in [5.41, 5.74) is 3.16. The zero-order chi connectivity index (χ0) is 23.3. The molecule has 0 radical (unpaired) electrons. The van der Waals surface area contributed by atoms with Crippen LogP contribution in [0, 0.1) is 0 Å². The van der Waals surface area contributed by atoms with E-state index in [1.165, 1.54) is 5.69 Å². The first-order valence-corrected chi connectivity index (χ1v) is 11.8. The van der Waals surface area contributed by atoms with E-state index in [0.717, 1.165) is 49.1 Å². The highest BCUT2D eigenvalue weighted by Gasteiger charge is 2.20. The summed E-state index contributed by atoms with van der Waals surface area (Å²) in [7, 11) is 0. The number of para-hydroxylation sites is 1. The maximum absolute atomic E-state index is 12.9. The van der Waals surface area contributed by atoms with Crippen LogP contribution in [-0.2, 0) is 0 Å². The quantitative estimate of drug-likeness (QED) is 0.431. The molecule has 1 aliphatic rings. The van der Waals surface area contributed by atoms with Gasteiger partial charge in [-0.05, 0) is 48.5 Å². The Labute approximate surface area is 203 Å². The molecule has 1 aliphatic heterocycles. The lowest BCUT2D eigenvalue weighted by Crippen LogP contribution is -2.48. The van der Waals surface area contributed by atoms with Gasteiger partial charge in [0.05, 0.1) is 12.0 Å². The third kappa shape index (κ3) is 5.00. The molecule has 0 saturated carbocycles. The van der Waals surface area contributed by atoms with E-state index < -0.39 is 0 Å². The predicted molar refractivity (Wildman–Crippen MR) is 134 cm³/mol. The minimum absolute atomic E-state index is 0.192. The molecule has 34 heavy (non-hydrogen) atoms. The third-order valence-electron chi connectivity index (χ3n) is 5.99. The number of aromatic nitrogens is 2. The molecule has 7 nitrogen and oxygen atoms in total. The predicted octanol–water partition coefficient (Wildman–Crippen LogP) is 4.34. The van der Waals surface area contributed by atoms with E-state index in [9.17, 15) is 4.79 Å². The van der Waals surface area contributed by atoms with Crippen molar-refractivity contribution in [2.24, 2.45) is 0 Å². The minimum Gasteiger partial charge on any atom is -0.463 e. The highest BCUT2D eigenvalue weighted by molar-refractivity contribution is 6.30. The number of nitrogens with zero attached hydrogens (tertiary/aromatic N) is 4. The Morgan fingerprint density at radius 3 is 2.41 bits per heavy atom. The van der Waals surface area contributed by atoms with Crippen molar-refractivity contribution in [1.82, 2.24) is 20.0 Å². The second-order valence-electron chi connectivity index (χ2n) is 8.20. The Morgan fingerprint density at radius 1 is 0.941 bits per heavy atom. The summed E-state index contributed by atoms with van der Waals surface area (Å²) in [6, 6.07) is 23.2. The number of anilines is 1. The Kier molecular flexibility index (Phi) is 6.65. The van der Waals surface area contributed by atoms with Crippen molar-refractivity contribution in [3.8, 4) is 17.1 Å². The normalized spacial score (nSPS) is 14.3. The number of rotatable bonds is 7. The summed E-state index contributed by atoms with van der Waals surface area (Å²) in [6.07, 6.45) is 1.62. The number of amides is 1. The molecule has 5 rings (SSSR count). The van der Waals surface area contributed by atoms with Crippen LogP contribution >= 0.6 is 11.6 Å². The first-order valence-electron chi connectivity index (χ1n) is 11.4. The summed E-state index contributed by atoms with van der Waals surface area (Å²) in [5, 5.41) is 8.34. The van der Waals surface area contributed by atoms with Crippen LogP contribution < -0.4 is 10.2 Å². The largest absolute Gasteiger partial charge is 0.463 e. The molecule has 3 heterocycles. The first kappa shape index (κ1) is 22.3. The lowest BCUT2D eigenvalue weighted by atomic mass is 10.2. The number of carbonyl (C=O) groups excluding carboxylic acids is 1. The molecule has 1 amide bonds. The minimum atomic E-state index is -0.192. The van der Waals surface area contributed by atoms with Gasteiger partial charge in [0.1, 0.15) is 5.69 Å². The third-order valence-corrected chi connectivity index (χ3v) is 6.25. The van der Waals surface area contributed by atoms with Crippen LogP contribution in [-0.4, -0.2) is 59.9 Å². The lowest BCUT2D eigenvalue weighted by molar-refractivity contribution is 0.0942. The molecule has 1 fully saturated rings. The van der Waals surface area contributed by atoms with Gasteiger partial charge < -0.3 is 14.6 Å². The first-order chi connectivity index (χ1) is 16.7. The number of hydrogen-bond donors (Lipinski definition) is 1. The fourth-order valence-electron chi connectivity index (χ4n) is 4.16. The van der Waals surface area contributed by atoms with Gasteiger partial charge in [-0.3, -0.25) is 9.69 Å². The molecule has 174 valence electrons. The van der Waals surface area contributed by atoms with Crippen LogP contribution in [0.4, 0.5) is 5.69 Å². The van der Waals surface area contributed by atoms with Gasteiger partial charge >= 0.3 is 0 Å². The molecule has 2 aromatic heterocycles. The zero-order valence-corrected chi connectivity index (χ0v) is 19.5. The molecule has 0 aliphatic carbocycles. The van der Waals surface area contributed by atoms with Crippen LogP contribution in [0.15, 0.2) is 83.5 Å². The van der Waals surface area contributed by atoms with Crippen molar-refractivity contribution in [3.05, 3.63) is 89.8 Å². The van der Waals surface area contributed by atoms with E-state index in [4.69, 9.17) is 16.0 Å². The van der Waals surface area contributed by atoms with Crippen LogP contribution in [0.25, 0.3) is 17.1 Å². The number of halogens is 1. The summed E-state index contributed by atoms with van der Waals surface area (Å²) < 4.78 is 7.31. The zero-order valence-electron chi connectivity index (χ0n) is 18.7. The van der Waals surface area contributed by atoms with Crippen LogP contribution in [0.1, 0.15) is 10.5 Å². The fourth-order valence-corrected chi connectivity index (χ4v) is 4.28. The molecule has 0 bridgehead atoms. The molecule has 1 saturated heterocycles. The van der Waals surface area contributed by atoms with E-state index in [2.05, 4.69) is 32.3 Å². The van der Waals surface area contributed by atoms with Crippen LogP contribution in [0.3, 0.4) is 0 Å². The van der Waals surface area contributed by atoms with E-state index in [0.29, 0.717) is 18.0 Å². The van der Waals surface area contributed by atoms with E-state index >= 15 is 0 Å². The van der Waals surface area contributed by atoms with Crippen molar-refractivity contribution in [2.45, 2.75) is 0 Å². The Hall–Kier alpha value is -3.55. The van der Waals surface area contributed by atoms with Crippen molar-refractivity contribution in [1.29, 1.82) is 0 Å². The number of carbonyl (C=O) groups is 1. The summed E-state index contributed by atoms with van der Waals surface area (Å²) >= 11 is 6.00. The fraction of sp³-hybridized carbons (Fsp3) is 0.231. The van der Waals surface area contributed by atoms with Gasteiger partial charge in [-0.15, -0.1) is 0 Å². The Balaban J connectivity index is 1.17. The average molecular weight is 476 g/mol. The van der Waals surface area contributed by atoms with Gasteiger partial charge in [0.25, 0.3) is 5.91 Å². The standard InChI is InChI=1S/C26H26ClN5O2/c27-20-8-10-21(11-9-20)31-16-14-30(15-17-31)13-12-28-26(33)23-19-24(25-7-4-18-34-25)32(29-23)22-5-2-1-3-6-22/h1-11,18-19H,12-17H2,(H,28,33). The average Bonchev–Trinajstić information content (AvgIpc) is 3.56. The van der Waals surface area contributed by atoms with Crippen molar-refractivity contribution in [2.75, 3.05) is 44.2 Å². The van der Waals surface area contributed by atoms with Gasteiger partial charge in [-0.25, -0.2) is 4.68 Å². The Bertz CT molecular complexity index is 1210. The molecule has 0 spiro atoms. The van der Waals surface area contributed by atoms with Crippen molar-refractivity contribution < 1.29 is 9.21 Å². The van der Waals surface area contributed by atoms with Gasteiger partial charge in [0.2, 0.25) is 0 Å². The second kappa shape index (κ2) is 10.2. The molecular weight excluding hydrogens is 450 g/mol. The summed E-state index contributed by atoms with van der Waals surface area (Å²) in [6.45, 7) is 5.15. The van der Waals surface area contributed by atoms with Gasteiger partial charge in [-0.2, -0.15) is 5.10 Å². The van der Waals surface area contributed by atoms with Crippen molar-refractivity contribution >= 4 is 23.2 Å². The number of piperazine rings is 1. The maximum atomic E-state index is 12.9. The van der Waals surface area contributed by atoms with Gasteiger partial charge in [0.15, 0.2) is 11.5 Å². The SMILES string of the molecule is O=C(NCCN1CCN(c2ccc(Cl)cc2)CC1)c1cc(-c2ccco2)n(-c2ccccc2)n1. The molecule has 0 atom stereocenters.